The number of benzene rings is 6. The number of nitrogens with one attached hydrogen (secondary N) is 1. The van der Waals surface area contributed by atoms with Gasteiger partial charge in [0.1, 0.15) is 0 Å². The number of aromatic carboxylic acids is 1. The van der Waals surface area contributed by atoms with Crippen LogP contribution in [0.25, 0.3) is 22.3 Å². The number of carbonyl (C=O) groups excluding carboxylic acids is 1. The Hall–Kier alpha value is -5.86. The minimum absolute atomic E-state index is 0.0968. The number of aliphatic hydroxyl groups excluding tert-OH is 2. The van der Waals surface area contributed by atoms with Gasteiger partial charge in [-0.3, -0.25) is 10.0 Å². The number of carboxylic acid groups (broad SMARTS) is 1. The fourth-order valence-electron chi connectivity index (χ4n) is 10.7. The number of amides is 1. The third-order valence-corrected chi connectivity index (χ3v) is 16.1. The monoisotopic (exact) mass is 988 g/mol. The van der Waals surface area contributed by atoms with Crippen LogP contribution in [-0.2, 0) is 23.7 Å². The molecule has 6 rings (SSSR count). The standard InChI is InChI=1S/C33H43NO3.C33H42O3/c1-8-33(9-2,27-15-13-24(22(3)19-27)14-18-30(35)32(5,6)7)28-16-17-29(23(4)20-28)25-11-10-12-26(21-25)31(36)34-37;1-8-33(9-2,27-15-13-24(22(3)19-27)14-18-30(34)32(5,6)7)28-16-17-29(23(4)20-28)25-11-10-12-26(21-25)31(35)36/h10-13,15-17,19-21,30,35,37H,8-9,14,18H2,1-7H3,(H,34,36);10-13,15-17,19-21,30,34H,8-9,14,18H2,1-7H3,(H,35,36). The van der Waals surface area contributed by atoms with Gasteiger partial charge in [0.2, 0.25) is 0 Å². The fourth-order valence-corrected chi connectivity index (χ4v) is 10.7. The lowest BCUT2D eigenvalue weighted by atomic mass is 9.69. The summed E-state index contributed by atoms with van der Waals surface area (Å²) in [7, 11) is 0. The molecule has 0 spiro atoms. The number of aryl methyl sites for hydroxylation is 6. The van der Waals surface area contributed by atoms with E-state index < -0.39 is 11.9 Å². The third kappa shape index (κ3) is 13.5. The molecule has 6 aromatic rings. The van der Waals surface area contributed by atoms with Crippen LogP contribution in [-0.4, -0.2) is 44.6 Å². The van der Waals surface area contributed by atoms with Gasteiger partial charge in [0.25, 0.3) is 5.91 Å². The Morgan fingerprint density at radius 3 is 1.14 bits per heavy atom. The number of hydrogen-bond acceptors (Lipinski definition) is 5. The van der Waals surface area contributed by atoms with E-state index in [9.17, 15) is 24.9 Å². The van der Waals surface area contributed by atoms with Crippen LogP contribution >= 0.6 is 0 Å². The lowest BCUT2D eigenvalue weighted by Crippen LogP contribution is -2.27. The predicted octanol–water partition coefficient (Wildman–Crippen LogP) is 15.6. The zero-order chi connectivity index (χ0) is 54.1. The van der Waals surface area contributed by atoms with Crippen molar-refractivity contribution in [1.29, 1.82) is 0 Å². The van der Waals surface area contributed by atoms with E-state index in [1.165, 1.54) is 44.5 Å². The molecule has 0 heterocycles. The van der Waals surface area contributed by atoms with Crippen molar-refractivity contribution in [3.8, 4) is 22.3 Å². The van der Waals surface area contributed by atoms with E-state index in [0.29, 0.717) is 11.1 Å². The van der Waals surface area contributed by atoms with E-state index in [0.717, 1.165) is 84.7 Å². The minimum Gasteiger partial charge on any atom is -0.478 e. The molecule has 5 N–H and O–H groups in total. The molecule has 0 aromatic heterocycles. The summed E-state index contributed by atoms with van der Waals surface area (Å²) in [5.41, 5.74) is 18.7. The summed E-state index contributed by atoms with van der Waals surface area (Å²) in [6, 6.07) is 41.5. The molecule has 7 heteroatoms. The van der Waals surface area contributed by atoms with Crippen molar-refractivity contribution < 1.29 is 30.1 Å². The van der Waals surface area contributed by atoms with Crippen molar-refractivity contribution in [2.75, 3.05) is 0 Å². The Morgan fingerprint density at radius 1 is 0.479 bits per heavy atom. The van der Waals surface area contributed by atoms with Crippen LogP contribution in [0.2, 0.25) is 0 Å². The van der Waals surface area contributed by atoms with E-state index in [1.54, 1.807) is 35.8 Å². The fraction of sp³-hybridized carbons (Fsp3) is 0.424. The van der Waals surface area contributed by atoms with Crippen LogP contribution in [0.1, 0.15) is 184 Å². The van der Waals surface area contributed by atoms with Crippen molar-refractivity contribution in [2.45, 2.75) is 171 Å². The molecule has 0 aliphatic heterocycles. The SMILES string of the molecule is CCC(CC)(c1ccc(CCC(O)C(C)(C)C)c(C)c1)c1ccc(-c2cccc(C(=O)NO)c2)c(C)c1.CCC(CC)(c1ccc(CCC(O)C(C)(C)C)c(C)c1)c1ccc(-c2cccc(C(=O)O)c2)c(C)c1. The Kier molecular flexibility index (Phi) is 19.4. The van der Waals surface area contributed by atoms with Gasteiger partial charge in [-0.25, -0.2) is 10.3 Å². The number of hydrogen-bond donors (Lipinski definition) is 5. The second-order valence-corrected chi connectivity index (χ2v) is 22.7. The number of aliphatic hydroxyl groups is 2. The second kappa shape index (κ2) is 24.4. The molecule has 390 valence electrons. The van der Waals surface area contributed by atoms with Crippen LogP contribution in [0.3, 0.4) is 0 Å². The molecular weight excluding hydrogens is 903 g/mol. The van der Waals surface area contributed by atoms with Crippen molar-refractivity contribution >= 4 is 11.9 Å². The largest absolute Gasteiger partial charge is 0.478 e. The predicted molar refractivity (Wildman–Crippen MR) is 302 cm³/mol. The number of carbonyl (C=O) groups is 2. The van der Waals surface area contributed by atoms with Gasteiger partial charge in [0, 0.05) is 16.4 Å². The van der Waals surface area contributed by atoms with Gasteiger partial charge in [-0.05, 0) is 192 Å². The smallest absolute Gasteiger partial charge is 0.335 e. The summed E-state index contributed by atoms with van der Waals surface area (Å²) in [6.45, 7) is 30.1. The van der Waals surface area contributed by atoms with E-state index in [1.807, 2.05) is 18.2 Å². The molecule has 0 saturated heterocycles. The molecule has 73 heavy (non-hydrogen) atoms. The average molecular weight is 988 g/mol. The van der Waals surface area contributed by atoms with Gasteiger partial charge in [-0.1, -0.05) is 166 Å². The summed E-state index contributed by atoms with van der Waals surface area (Å²) < 4.78 is 0. The first-order valence-corrected chi connectivity index (χ1v) is 26.6. The highest BCUT2D eigenvalue weighted by molar-refractivity contribution is 5.94. The summed E-state index contributed by atoms with van der Waals surface area (Å²) >= 11 is 0. The molecule has 7 nitrogen and oxygen atoms in total. The van der Waals surface area contributed by atoms with E-state index in [2.05, 4.69) is 170 Å². The van der Waals surface area contributed by atoms with Crippen LogP contribution in [0.4, 0.5) is 0 Å². The van der Waals surface area contributed by atoms with Crippen LogP contribution < -0.4 is 5.48 Å². The highest BCUT2D eigenvalue weighted by atomic mass is 16.5. The van der Waals surface area contributed by atoms with E-state index in [-0.39, 0.29) is 33.9 Å². The van der Waals surface area contributed by atoms with Crippen molar-refractivity contribution in [2.24, 2.45) is 10.8 Å². The summed E-state index contributed by atoms with van der Waals surface area (Å²) in [6.07, 6.45) is 6.56. The average Bonchev–Trinajstić information content (AvgIpc) is 3.36. The number of hydroxylamine groups is 1. The van der Waals surface area contributed by atoms with Crippen LogP contribution in [0.5, 0.6) is 0 Å². The van der Waals surface area contributed by atoms with Gasteiger partial charge in [-0.2, -0.15) is 0 Å². The van der Waals surface area contributed by atoms with Gasteiger partial charge < -0.3 is 15.3 Å². The Balaban J connectivity index is 0.000000271. The maximum Gasteiger partial charge on any atom is 0.335 e. The molecule has 1 amide bonds. The maximum absolute atomic E-state index is 11.9. The van der Waals surface area contributed by atoms with Crippen molar-refractivity contribution in [1.82, 2.24) is 5.48 Å². The lowest BCUT2D eigenvalue weighted by molar-refractivity contribution is 0.0559. The molecule has 0 aliphatic carbocycles. The third-order valence-electron chi connectivity index (χ3n) is 16.1. The first-order chi connectivity index (χ1) is 34.4. The first-order valence-electron chi connectivity index (χ1n) is 26.6. The van der Waals surface area contributed by atoms with E-state index >= 15 is 0 Å². The van der Waals surface area contributed by atoms with Gasteiger partial charge in [-0.15, -0.1) is 0 Å². The second-order valence-electron chi connectivity index (χ2n) is 22.7. The maximum atomic E-state index is 11.9. The highest BCUT2D eigenvalue weighted by Gasteiger charge is 2.33. The molecule has 0 radical (unpaired) electrons. The van der Waals surface area contributed by atoms with Crippen LogP contribution in [0, 0.1) is 38.5 Å². The topological polar surface area (TPSA) is 127 Å². The Labute approximate surface area is 438 Å². The summed E-state index contributed by atoms with van der Waals surface area (Å²) in [5, 5.41) is 39.4. The van der Waals surface area contributed by atoms with Crippen molar-refractivity contribution in [3.05, 3.63) is 188 Å². The molecule has 0 bridgehead atoms. The zero-order valence-corrected chi connectivity index (χ0v) is 46.5. The number of carboxylic acids is 1. The van der Waals surface area contributed by atoms with Gasteiger partial charge in [0.15, 0.2) is 0 Å². The van der Waals surface area contributed by atoms with Crippen molar-refractivity contribution in [3.63, 3.8) is 0 Å². The molecule has 6 aromatic carbocycles. The minimum atomic E-state index is -0.908. The molecule has 2 unspecified atom stereocenters. The quantitative estimate of drug-likeness (QED) is 0.0431. The molecule has 0 aliphatic rings. The molecule has 2 atom stereocenters. The normalized spacial score (nSPS) is 12.9. The highest BCUT2D eigenvalue weighted by Crippen LogP contribution is 2.43. The molecule has 0 fully saturated rings. The lowest BCUT2D eigenvalue weighted by Gasteiger charge is -2.34. The Morgan fingerprint density at radius 2 is 0.822 bits per heavy atom. The molecular formula is C66H85NO6. The Bertz CT molecular complexity index is 2830. The first kappa shape index (κ1) is 58.0. The number of rotatable bonds is 18. The van der Waals surface area contributed by atoms with Gasteiger partial charge >= 0.3 is 5.97 Å². The van der Waals surface area contributed by atoms with Gasteiger partial charge in [0.05, 0.1) is 17.8 Å². The summed E-state index contributed by atoms with van der Waals surface area (Å²) in [5.74, 6) is -1.42. The summed E-state index contributed by atoms with van der Waals surface area (Å²) in [4.78, 5) is 23.3. The zero-order valence-electron chi connectivity index (χ0n) is 46.5. The van der Waals surface area contributed by atoms with E-state index in [4.69, 9.17) is 5.21 Å². The molecule has 0 saturated carbocycles. The van der Waals surface area contributed by atoms with Crippen LogP contribution in [0.15, 0.2) is 121 Å².